The molecule has 4 saturated heterocycles. The molecule has 9 heteroatoms. The maximum atomic E-state index is 6.83. The van der Waals surface area contributed by atoms with Gasteiger partial charge in [-0.05, 0) is 0 Å². The molecule has 0 spiro atoms. The van der Waals surface area contributed by atoms with Gasteiger partial charge in [-0.25, -0.2) is 0 Å². The second-order valence-corrected chi connectivity index (χ2v) is 23.1. The summed E-state index contributed by atoms with van der Waals surface area (Å²) in [5.74, 6) is 9.05. The molecule has 8 aliphatic carbocycles. The second-order valence-electron chi connectivity index (χ2n) is 20.5. The van der Waals surface area contributed by atoms with Crippen LogP contribution in [-0.4, -0.2) is 54.3 Å². The van der Waals surface area contributed by atoms with E-state index in [1.54, 1.807) is 11.1 Å². The summed E-state index contributed by atoms with van der Waals surface area (Å²) in [6.45, 7) is 2.54. The molecule has 2 aromatic carbocycles. The van der Waals surface area contributed by atoms with Crippen LogP contribution in [0.3, 0.4) is 0 Å². The van der Waals surface area contributed by atoms with E-state index in [1.165, 1.54) is 108 Å². The van der Waals surface area contributed by atoms with E-state index in [4.69, 9.17) is 18.9 Å². The van der Waals surface area contributed by atoms with Gasteiger partial charge in [-0.15, -0.1) is 0 Å². The summed E-state index contributed by atoms with van der Waals surface area (Å²) in [4.78, 5) is 10.3. The minimum atomic E-state index is -0.740. The van der Waals surface area contributed by atoms with Crippen molar-refractivity contribution < 1.29 is 36.6 Å². The third-order valence-corrected chi connectivity index (χ3v) is 20.6. The van der Waals surface area contributed by atoms with Gasteiger partial charge in [-0.1, -0.05) is 0 Å². The van der Waals surface area contributed by atoms with Crippen LogP contribution in [0.15, 0.2) is 47.8 Å². The van der Waals surface area contributed by atoms with Crippen molar-refractivity contribution in [2.24, 2.45) is 35.5 Å². The molecule has 8 nitrogen and oxygen atoms in total. The number of benzene rings is 2. The quantitative estimate of drug-likeness (QED) is 0.300. The number of nitrogens with zero attached hydrogens (tertiary/aromatic N) is 4. The number of rotatable bonds is 2. The molecular formula is C46H46N4O4Pt-2. The molecule has 8 aliphatic heterocycles. The average Bonchev–Trinajstić information content (AvgIpc) is 4.01. The molecule has 18 rings (SSSR count). The van der Waals surface area contributed by atoms with Crippen LogP contribution < -0.4 is 0 Å². The van der Waals surface area contributed by atoms with Gasteiger partial charge in [0.2, 0.25) is 0 Å². The maximum absolute atomic E-state index is 6.83. The molecule has 0 amide bonds. The molecular weight excluding hydrogens is 868 g/mol. The predicted octanol–water partition coefficient (Wildman–Crippen LogP) is 6.98. The molecule has 0 radical (unpaired) electrons. The molecule has 12 fully saturated rings. The molecule has 4 unspecified atom stereocenters. The van der Waals surface area contributed by atoms with Crippen molar-refractivity contribution in [2.45, 2.75) is 112 Å². The SMILES string of the molecule is [c-]1c2cc(C34CC5CC(CC(C5)C3)C4)cc1C1COC3=C4OCC5c6[c-]c(cc(C78CC9CC(CC(C9)C7)C8)c6)C6COC7=C8OCC2N8[C](=[Pt]=[C](N31)N45)N76. The third-order valence-electron chi connectivity index (χ3n) is 17.4. The van der Waals surface area contributed by atoms with Gasteiger partial charge in [0.1, 0.15) is 0 Å². The van der Waals surface area contributed by atoms with E-state index in [0.29, 0.717) is 26.4 Å². The molecule has 8 saturated carbocycles. The summed E-state index contributed by atoms with van der Waals surface area (Å²) < 4.78 is 30.1. The zero-order chi connectivity index (χ0) is 35.1. The van der Waals surface area contributed by atoms with Crippen molar-refractivity contribution in [3.05, 3.63) is 93.3 Å². The first-order chi connectivity index (χ1) is 27.0. The molecule has 2 aromatic rings. The first-order valence-corrected chi connectivity index (χ1v) is 23.9. The summed E-state index contributed by atoms with van der Waals surface area (Å²) in [5.41, 5.74) is 8.89. The Bertz CT molecular complexity index is 2010. The van der Waals surface area contributed by atoms with Crippen molar-refractivity contribution in [3.63, 3.8) is 0 Å². The summed E-state index contributed by atoms with van der Waals surface area (Å²) >= 11 is -0.740. The van der Waals surface area contributed by atoms with Crippen molar-refractivity contribution >= 4 is 8.29 Å². The predicted molar refractivity (Wildman–Crippen MR) is 196 cm³/mol. The van der Waals surface area contributed by atoms with E-state index in [-0.39, 0.29) is 35.0 Å². The van der Waals surface area contributed by atoms with Crippen LogP contribution >= 0.6 is 0 Å². The normalized spacial score (nSPS) is 44.7. The standard InChI is InChI=1S/C46H46N4O4.Pt/c1-25-2-27-3-26(1)14-45(13-25,15-27)35-9-31-7-32(10-35)38-20-52-42-44-50(24-48(38)42)40(22-54-44)34-8-33(39-21-53-43-41-47(23-49(39)43)37(31)19-51-41)11-36(12-34)46-16-28-4-29(17-46)6-30(5-28)18-46;/h9-12,25-30,37-40H,1-6,13-22H2;/q-2;. The van der Waals surface area contributed by atoms with E-state index in [1.807, 2.05) is 0 Å². The van der Waals surface area contributed by atoms with E-state index >= 15 is 0 Å². The summed E-state index contributed by atoms with van der Waals surface area (Å²) in [6.07, 6.45) is 16.9. The Kier molecular flexibility index (Phi) is 5.28. The Hall–Kier alpha value is -3.25. The van der Waals surface area contributed by atoms with Gasteiger partial charge in [0.25, 0.3) is 0 Å². The van der Waals surface area contributed by atoms with E-state index in [0.717, 1.165) is 59.0 Å². The van der Waals surface area contributed by atoms with Crippen LogP contribution in [0, 0.1) is 47.6 Å². The van der Waals surface area contributed by atoms with Crippen molar-refractivity contribution in [1.82, 2.24) is 19.6 Å². The molecule has 55 heavy (non-hydrogen) atoms. The van der Waals surface area contributed by atoms with Crippen LogP contribution in [0.4, 0.5) is 0 Å². The van der Waals surface area contributed by atoms with Crippen LogP contribution in [0.25, 0.3) is 0 Å². The monoisotopic (exact) mass is 913 g/mol. The molecule has 0 N–H and O–H groups in total. The van der Waals surface area contributed by atoms with E-state index < -0.39 is 17.6 Å². The Labute approximate surface area is 330 Å². The average molecular weight is 914 g/mol. The van der Waals surface area contributed by atoms with Gasteiger partial charge >= 0.3 is 332 Å². The molecule has 0 aromatic heterocycles. The fourth-order valence-electron chi connectivity index (χ4n) is 16.1. The van der Waals surface area contributed by atoms with Gasteiger partial charge < -0.3 is 0 Å². The van der Waals surface area contributed by atoms with E-state index in [9.17, 15) is 0 Å². The zero-order valence-electron chi connectivity index (χ0n) is 31.1. The number of hydrogen-bond acceptors (Lipinski definition) is 8. The van der Waals surface area contributed by atoms with Crippen molar-refractivity contribution in [2.75, 3.05) is 26.4 Å². The first-order valence-electron chi connectivity index (χ1n) is 21.7. The molecule has 4 atom stereocenters. The number of hydrogen-bond donors (Lipinski definition) is 0. The third kappa shape index (κ3) is 3.61. The Morgan fingerprint density at radius 3 is 0.982 bits per heavy atom. The van der Waals surface area contributed by atoms with Crippen LogP contribution in [0.5, 0.6) is 0 Å². The van der Waals surface area contributed by atoms with Gasteiger partial charge in [0.15, 0.2) is 0 Å². The fourth-order valence-corrected chi connectivity index (χ4v) is 20.0. The van der Waals surface area contributed by atoms with Crippen molar-refractivity contribution in [1.29, 1.82) is 0 Å². The van der Waals surface area contributed by atoms with Crippen LogP contribution in [0.1, 0.15) is 135 Å². The molecule has 14 bridgehead atoms. The molecule has 16 aliphatic rings. The minimum absolute atomic E-state index is 0.0780. The second kappa shape index (κ2) is 9.71. The van der Waals surface area contributed by atoms with Gasteiger partial charge in [-0.2, -0.15) is 0 Å². The Balaban J connectivity index is 0.916. The Morgan fingerprint density at radius 2 is 0.709 bits per heavy atom. The topological polar surface area (TPSA) is 49.9 Å². The van der Waals surface area contributed by atoms with Gasteiger partial charge in [-0.3, -0.25) is 0 Å². The zero-order valence-corrected chi connectivity index (χ0v) is 33.4. The van der Waals surface area contributed by atoms with E-state index in [2.05, 4.69) is 56.0 Å². The summed E-state index contributed by atoms with van der Waals surface area (Å²) in [6, 6.07) is 18.9. The first kappa shape index (κ1) is 29.9. The van der Waals surface area contributed by atoms with Crippen LogP contribution in [0.2, 0.25) is 0 Å². The van der Waals surface area contributed by atoms with Crippen LogP contribution in [-0.2, 0) is 47.4 Å². The van der Waals surface area contributed by atoms with Crippen molar-refractivity contribution in [3.8, 4) is 0 Å². The number of ether oxygens (including phenoxy) is 4. The fraction of sp³-hybridized carbons (Fsp3) is 0.609. The Morgan fingerprint density at radius 1 is 0.436 bits per heavy atom. The van der Waals surface area contributed by atoms with Gasteiger partial charge in [0, 0.05) is 0 Å². The summed E-state index contributed by atoms with van der Waals surface area (Å²) in [5, 5.41) is 0. The summed E-state index contributed by atoms with van der Waals surface area (Å²) in [7, 11) is 0. The van der Waals surface area contributed by atoms with Gasteiger partial charge in [0.05, 0.1) is 0 Å². The molecule has 286 valence electrons. The number of fused-ring (bicyclic) bond motifs is 8. The molecule has 8 heterocycles.